The maximum Gasteiger partial charge on any atom is 2.00 e. The molecular weight excluding hydrogens is 1100 g/mol. The number of nitrogens with zero attached hydrogens (tertiary/aromatic N) is 2. The van der Waals surface area contributed by atoms with E-state index in [-0.39, 0.29) is 16.5 Å². The molecule has 0 aliphatic carbocycles. The van der Waals surface area contributed by atoms with Crippen LogP contribution in [0.15, 0.2) is 35.4 Å². The number of allylic oxidation sites excluding steroid dienone is 2. The van der Waals surface area contributed by atoms with Gasteiger partial charge >= 0.3 is 16.5 Å². The van der Waals surface area contributed by atoms with Crippen LogP contribution in [0.1, 0.15) is 433 Å². The Bertz CT molecular complexity index is 1820. The molecule has 3 rings (SSSR count). The summed E-state index contributed by atoms with van der Waals surface area (Å²) in [5.74, 6) is 0. The van der Waals surface area contributed by atoms with E-state index in [2.05, 4.69) is 107 Å². The fourth-order valence-electron chi connectivity index (χ4n) is 13.2. The van der Waals surface area contributed by atoms with Crippen LogP contribution < -0.4 is 0 Å². The van der Waals surface area contributed by atoms with Crippen LogP contribution in [0.5, 0.6) is 0 Å². The van der Waals surface area contributed by atoms with Crippen LogP contribution >= 0.6 is 0 Å². The molecule has 1 aliphatic rings. The molecule has 2 aromatic carbocycles. The SMILES string of the molecule is CCCCCc1cc(C2=C(CCCC)C(CCCC)=C(c3cc(C)c(C)c(C)c3)[N+]2=[N-])cc(CCCCC)c1CCCCC.[CH2-]CCCCCCCCCCCCCCCCCCCC.[CH2-]CCCCCCCCCCCCCCCCCCCC.[Ni+2]. The molecule has 0 bridgehead atoms. The summed E-state index contributed by atoms with van der Waals surface area (Å²) in [5, 5.41) is 0. The second kappa shape index (κ2) is 61.5. The van der Waals surface area contributed by atoms with Crippen LogP contribution in [0.25, 0.3) is 16.9 Å². The first-order valence-electron chi connectivity index (χ1n) is 38.9. The topological polar surface area (TPSA) is 25.3 Å². The van der Waals surface area contributed by atoms with Gasteiger partial charge in [-0.1, -0.05) is 331 Å². The minimum atomic E-state index is 0. The zero-order chi connectivity index (χ0) is 62.9. The van der Waals surface area contributed by atoms with E-state index in [1.54, 1.807) is 21.4 Å². The molecule has 0 N–H and O–H groups in total. The first-order valence-corrected chi connectivity index (χ1v) is 38.9. The summed E-state index contributed by atoms with van der Waals surface area (Å²) in [6, 6.07) is 9.60. The van der Waals surface area contributed by atoms with Gasteiger partial charge in [0, 0.05) is 22.3 Å². The Morgan fingerprint density at radius 2 is 0.517 bits per heavy atom. The van der Waals surface area contributed by atoms with Crippen LogP contribution in [0.4, 0.5) is 0 Å². The summed E-state index contributed by atoms with van der Waals surface area (Å²) >= 11 is 0. The number of hydrogen-bond acceptors (Lipinski definition) is 0. The van der Waals surface area contributed by atoms with E-state index in [9.17, 15) is 5.53 Å². The molecule has 0 saturated heterocycles. The fourth-order valence-corrected chi connectivity index (χ4v) is 13.2. The van der Waals surface area contributed by atoms with Gasteiger partial charge in [-0.3, -0.25) is 0 Å². The third-order valence-corrected chi connectivity index (χ3v) is 19.2. The number of rotatable bonds is 56. The maximum absolute atomic E-state index is 12.3. The molecule has 0 unspecified atom stereocenters. The predicted molar refractivity (Wildman–Crippen MR) is 391 cm³/mol. The maximum atomic E-state index is 12.3. The van der Waals surface area contributed by atoms with Gasteiger partial charge in [0.15, 0.2) is 0 Å². The summed E-state index contributed by atoms with van der Waals surface area (Å²) in [4.78, 5) is 0. The van der Waals surface area contributed by atoms with Gasteiger partial charge in [0.1, 0.15) is 0 Å². The third kappa shape index (κ3) is 41.3. The minimum absolute atomic E-state index is 0. The summed E-state index contributed by atoms with van der Waals surface area (Å²) in [7, 11) is 0. The van der Waals surface area contributed by atoms with Crippen LogP contribution in [-0.4, -0.2) is 4.70 Å². The molecular formula is C84H150N2Ni. The Hall–Kier alpha value is -1.99. The molecule has 506 valence electrons. The summed E-state index contributed by atoms with van der Waals surface area (Å²) in [6.07, 6.45) is 76.1. The number of unbranched alkanes of at least 4 members (excludes halogenated alkanes) is 44. The molecule has 0 atom stereocenters. The summed E-state index contributed by atoms with van der Waals surface area (Å²) in [6.45, 7) is 30.5. The number of benzene rings is 2. The monoisotopic (exact) mass is 1250 g/mol. The average Bonchev–Trinajstić information content (AvgIpc) is 1.99. The van der Waals surface area contributed by atoms with Crippen molar-refractivity contribution in [1.29, 1.82) is 0 Å². The summed E-state index contributed by atoms with van der Waals surface area (Å²) in [5.41, 5.74) is 28.2. The fraction of sp³-hybridized carbons (Fsp3) is 0.786. The Morgan fingerprint density at radius 3 is 0.782 bits per heavy atom. The number of aryl methyl sites for hydroxylation is 4. The molecule has 1 aliphatic heterocycles. The van der Waals surface area contributed by atoms with E-state index in [0.29, 0.717) is 0 Å². The van der Waals surface area contributed by atoms with E-state index < -0.39 is 0 Å². The van der Waals surface area contributed by atoms with E-state index in [1.807, 2.05) is 0 Å². The number of hydrogen-bond donors (Lipinski definition) is 0. The van der Waals surface area contributed by atoms with Crippen molar-refractivity contribution in [3.8, 4) is 0 Å². The van der Waals surface area contributed by atoms with Gasteiger partial charge in [0.05, 0.1) is 0 Å². The zero-order valence-electron chi connectivity index (χ0n) is 60.5. The Labute approximate surface area is 557 Å². The third-order valence-electron chi connectivity index (χ3n) is 19.2. The van der Waals surface area contributed by atoms with E-state index in [0.717, 1.165) is 81.2 Å². The van der Waals surface area contributed by atoms with Crippen molar-refractivity contribution in [2.24, 2.45) is 0 Å². The van der Waals surface area contributed by atoms with Gasteiger partial charge in [0.2, 0.25) is 11.4 Å². The Kier molecular flexibility index (Phi) is 60.1. The summed E-state index contributed by atoms with van der Waals surface area (Å²) < 4.78 is 1.62. The van der Waals surface area contributed by atoms with Gasteiger partial charge in [-0.25, -0.2) is 4.70 Å². The largest absolute Gasteiger partial charge is 2.00 e. The van der Waals surface area contributed by atoms with Crippen molar-refractivity contribution in [1.82, 2.24) is 0 Å². The van der Waals surface area contributed by atoms with Crippen molar-refractivity contribution < 1.29 is 21.2 Å². The molecule has 2 aromatic rings. The van der Waals surface area contributed by atoms with Crippen molar-refractivity contribution in [3.63, 3.8) is 0 Å². The molecule has 0 aromatic heterocycles. The van der Waals surface area contributed by atoms with Crippen molar-refractivity contribution >= 4 is 11.4 Å². The van der Waals surface area contributed by atoms with E-state index >= 15 is 0 Å². The normalized spacial score (nSPS) is 12.3. The zero-order valence-corrected chi connectivity index (χ0v) is 61.5. The van der Waals surface area contributed by atoms with E-state index in [1.165, 1.54) is 329 Å². The standard InChI is InChI=1S/C42H64N2.2C21H43.Ni/c1-9-14-19-22-34-29-37(30-35(23-20-15-10-2)38(34)26-21-16-11-3)42-40(25-18-13-5)39(24-17-12-4)41(44(42)43)36-27-31(6)33(8)32(7)28-36;2*1-3-5-7-9-11-13-15-17-19-21-20-18-16-14-12-10-8-6-4-2;/h27-30H,9-26H2,1-8H3;2*1,3-21H2,2H3;/q;2*-1;+2. The molecule has 3 heteroatoms. The smallest absolute Gasteiger partial charge is 0.493 e. The molecule has 0 radical (unpaired) electrons. The van der Waals surface area contributed by atoms with Crippen molar-refractivity contribution in [2.75, 3.05) is 0 Å². The molecule has 0 saturated carbocycles. The van der Waals surface area contributed by atoms with E-state index in [4.69, 9.17) is 0 Å². The van der Waals surface area contributed by atoms with Gasteiger partial charge in [-0.2, -0.15) is 12.8 Å². The molecule has 87 heavy (non-hydrogen) atoms. The molecule has 0 spiro atoms. The van der Waals surface area contributed by atoms with Gasteiger partial charge in [-0.15, -0.1) is 0 Å². The van der Waals surface area contributed by atoms with Crippen molar-refractivity contribution in [3.05, 3.63) is 99.3 Å². The minimum Gasteiger partial charge on any atom is -0.493 e. The van der Waals surface area contributed by atoms with Crippen molar-refractivity contribution in [2.45, 2.75) is 429 Å². The first kappa shape index (κ1) is 85.0. The molecule has 2 nitrogen and oxygen atoms in total. The second-order valence-corrected chi connectivity index (χ2v) is 27.3. The van der Waals surface area contributed by atoms with Crippen LogP contribution in [0.2, 0.25) is 0 Å². The Morgan fingerprint density at radius 1 is 0.287 bits per heavy atom. The van der Waals surface area contributed by atoms with Gasteiger partial charge in [0.25, 0.3) is 0 Å². The molecule has 0 amide bonds. The van der Waals surface area contributed by atoms with Gasteiger partial charge < -0.3 is 19.4 Å². The Balaban J connectivity index is 0.00000144. The second-order valence-electron chi connectivity index (χ2n) is 27.3. The first-order chi connectivity index (χ1) is 42.1. The van der Waals surface area contributed by atoms with Crippen LogP contribution in [-0.2, 0) is 35.8 Å². The molecule has 1 heterocycles. The average molecular weight is 1250 g/mol. The van der Waals surface area contributed by atoms with Crippen LogP contribution in [0, 0.1) is 34.6 Å². The van der Waals surface area contributed by atoms with Crippen LogP contribution in [0.3, 0.4) is 0 Å². The molecule has 0 fully saturated rings. The van der Waals surface area contributed by atoms with Gasteiger partial charge in [-0.05, 0) is 143 Å². The predicted octanol–water partition coefficient (Wildman–Crippen LogP) is 29.9. The quantitative estimate of drug-likeness (QED) is 0.0273.